The van der Waals surface area contributed by atoms with Crippen molar-refractivity contribution in [1.29, 1.82) is 0 Å². The molecule has 0 aliphatic rings. The van der Waals surface area contributed by atoms with Crippen LogP contribution < -0.4 is 10.6 Å². The maximum atomic E-state index is 11.7. The summed E-state index contributed by atoms with van der Waals surface area (Å²) < 4.78 is 15.5. The normalized spacial score (nSPS) is 14.4. The monoisotopic (exact) mass is 262 g/mol. The van der Waals surface area contributed by atoms with Crippen molar-refractivity contribution in [3.05, 3.63) is 18.2 Å². The summed E-state index contributed by atoms with van der Waals surface area (Å²) in [5.74, 6) is 0. The zero-order valence-electron chi connectivity index (χ0n) is 9.04. The second kappa shape index (κ2) is 4.96. The van der Waals surface area contributed by atoms with Crippen LogP contribution in [-0.2, 0) is 24.3 Å². The van der Waals surface area contributed by atoms with Gasteiger partial charge in [-0.3, -0.25) is 0 Å². The smallest absolute Gasteiger partial charge is 0.204 e. The van der Waals surface area contributed by atoms with Crippen LogP contribution in [0.5, 0.6) is 0 Å². The molecule has 1 atom stereocenters. The van der Waals surface area contributed by atoms with Crippen molar-refractivity contribution < 1.29 is 13.8 Å². The Bertz CT molecular complexity index is 474. The Morgan fingerprint density at radius 3 is 2.75 bits per heavy atom. The minimum absolute atomic E-state index is 0.128. The fraction of sp³-hybridized carbons (Fsp3) is 0.333. The van der Waals surface area contributed by atoms with Gasteiger partial charge in [0.25, 0.3) is 0 Å². The van der Waals surface area contributed by atoms with Crippen LogP contribution in [0.15, 0.2) is 23.1 Å². The first-order valence-electron chi connectivity index (χ1n) is 4.61. The van der Waals surface area contributed by atoms with Gasteiger partial charge in [0.1, 0.15) is 0 Å². The molecule has 0 bridgehead atoms. The summed E-state index contributed by atoms with van der Waals surface area (Å²) in [6.45, 7) is 2.76. The molecule has 90 valence electrons. The number of hydrogen-bond donors (Lipinski definition) is 2. The highest BCUT2D eigenvalue weighted by molar-refractivity contribution is 8.30. The zero-order chi connectivity index (χ0) is 12.3. The molecule has 0 radical (unpaired) electrons. The Kier molecular flexibility index (Phi) is 4.09. The Morgan fingerprint density at radius 2 is 2.25 bits per heavy atom. The lowest BCUT2D eigenvalue weighted by Gasteiger charge is -2.18. The Morgan fingerprint density at radius 1 is 1.62 bits per heavy atom. The van der Waals surface area contributed by atoms with Crippen molar-refractivity contribution in [3.8, 4) is 0 Å². The van der Waals surface area contributed by atoms with Gasteiger partial charge in [-0.1, -0.05) is 0 Å². The van der Waals surface area contributed by atoms with Gasteiger partial charge in [-0.25, -0.2) is 9.47 Å². The average molecular weight is 262 g/mol. The van der Waals surface area contributed by atoms with E-state index in [0.717, 1.165) is 12.2 Å². The largest absolute Gasteiger partial charge is 0.398 e. The predicted molar refractivity (Wildman–Crippen MR) is 67.3 cm³/mol. The highest BCUT2D eigenvalue weighted by Crippen LogP contribution is 2.25. The third-order valence-electron chi connectivity index (χ3n) is 2.28. The van der Waals surface area contributed by atoms with Gasteiger partial charge in [-0.15, -0.1) is 4.33 Å². The third kappa shape index (κ3) is 2.62. The van der Waals surface area contributed by atoms with E-state index in [4.69, 9.17) is 11.0 Å². The summed E-state index contributed by atoms with van der Waals surface area (Å²) in [5, 5.41) is 8.51. The highest BCUT2D eigenvalue weighted by atomic mass is 32.8. The van der Waals surface area contributed by atoms with E-state index in [1.54, 1.807) is 18.2 Å². The quantitative estimate of drug-likeness (QED) is 0.483. The number of nitrogens with two attached hydrogens (primary N) is 1. The molecule has 0 amide bonds. The van der Waals surface area contributed by atoms with Crippen molar-refractivity contribution in [2.45, 2.75) is 11.8 Å². The Labute approximate surface area is 99.6 Å². The highest BCUT2D eigenvalue weighted by Gasteiger charge is 2.15. The molecule has 1 unspecified atom stereocenters. The van der Waals surface area contributed by atoms with Crippen molar-refractivity contribution >= 4 is 31.3 Å². The predicted octanol–water partition coefficient (Wildman–Crippen LogP) is 1.23. The van der Waals surface area contributed by atoms with Gasteiger partial charge in [-0.05, 0) is 25.1 Å². The molecule has 1 rings (SSSR count). The number of nitrogens with zero attached hydrogens (tertiary/aromatic N) is 1. The summed E-state index contributed by atoms with van der Waals surface area (Å²) in [7, 11) is -1.48. The zero-order valence-corrected chi connectivity index (χ0v) is 10.7. The van der Waals surface area contributed by atoms with Crippen LogP contribution in [0.1, 0.15) is 6.92 Å². The molecule has 5 nitrogen and oxygen atoms in total. The molecule has 1 aromatic rings. The first-order chi connectivity index (χ1) is 7.42. The minimum atomic E-state index is -3.36. The van der Waals surface area contributed by atoms with E-state index >= 15 is 0 Å². The lowest BCUT2D eigenvalue weighted by molar-refractivity contribution is -0.124. The Balaban J connectivity index is 3.30. The van der Waals surface area contributed by atoms with E-state index in [9.17, 15) is 4.21 Å². The number of rotatable bonds is 4. The fourth-order valence-electron chi connectivity index (χ4n) is 1.20. The van der Waals surface area contributed by atoms with Crippen molar-refractivity contribution in [2.75, 3.05) is 24.2 Å². The first-order valence-corrected chi connectivity index (χ1v) is 7.02. The van der Waals surface area contributed by atoms with Gasteiger partial charge >= 0.3 is 0 Å². The lowest BCUT2D eigenvalue weighted by Crippen LogP contribution is -2.16. The third-order valence-corrected chi connectivity index (χ3v) is 4.09. The van der Waals surface area contributed by atoms with Crippen LogP contribution in [0, 0.1) is 0 Å². The number of hydrogen-bond acceptors (Lipinski definition) is 6. The first kappa shape index (κ1) is 13.2. The SMILES string of the molecule is CCN(C)c1ccc(N)c(S(=O)(=S)OO)c1. The molecule has 0 fully saturated rings. The summed E-state index contributed by atoms with van der Waals surface area (Å²) in [5.41, 5.74) is 6.68. The van der Waals surface area contributed by atoms with Gasteiger partial charge in [0.15, 0.2) is 0 Å². The topological polar surface area (TPSA) is 75.8 Å². The molecule has 16 heavy (non-hydrogen) atoms. The van der Waals surface area contributed by atoms with E-state index in [1.165, 1.54) is 0 Å². The van der Waals surface area contributed by atoms with Gasteiger partial charge in [0, 0.05) is 30.5 Å². The summed E-state index contributed by atoms with van der Waals surface area (Å²) in [6.07, 6.45) is 0. The second-order valence-electron chi connectivity index (χ2n) is 3.26. The van der Waals surface area contributed by atoms with Gasteiger partial charge in [0.05, 0.1) is 10.6 Å². The van der Waals surface area contributed by atoms with Crippen LogP contribution >= 0.6 is 0 Å². The number of benzene rings is 1. The minimum Gasteiger partial charge on any atom is -0.398 e. The van der Waals surface area contributed by atoms with E-state index in [0.29, 0.717) is 0 Å². The van der Waals surface area contributed by atoms with Crippen molar-refractivity contribution in [2.24, 2.45) is 0 Å². The lowest BCUT2D eigenvalue weighted by atomic mass is 10.2. The molecular formula is C9H14N2O3S2. The van der Waals surface area contributed by atoms with Crippen molar-refractivity contribution in [3.63, 3.8) is 0 Å². The molecule has 0 aliphatic carbocycles. The molecule has 1 aromatic carbocycles. The molecule has 3 N–H and O–H groups in total. The van der Waals surface area contributed by atoms with E-state index in [2.05, 4.69) is 15.5 Å². The summed E-state index contributed by atoms with van der Waals surface area (Å²) in [6, 6.07) is 4.93. The molecule has 0 saturated carbocycles. The molecule has 0 saturated heterocycles. The summed E-state index contributed by atoms with van der Waals surface area (Å²) in [4.78, 5) is 2.05. The maximum absolute atomic E-state index is 11.7. The van der Waals surface area contributed by atoms with Crippen LogP contribution in [0.4, 0.5) is 11.4 Å². The van der Waals surface area contributed by atoms with E-state index in [-0.39, 0.29) is 10.6 Å². The number of nitrogen functional groups attached to an aromatic ring is 1. The molecule has 0 heterocycles. The molecule has 0 spiro atoms. The van der Waals surface area contributed by atoms with Gasteiger partial charge in [0.2, 0.25) is 8.77 Å². The van der Waals surface area contributed by atoms with Crippen LogP contribution in [0.25, 0.3) is 0 Å². The molecular weight excluding hydrogens is 248 g/mol. The standard InChI is InChI=1S/C9H14N2O3S2/c1-3-11(2)7-4-5-8(10)9(6-7)16(13,15)14-12/h4-6,12H,3,10H2,1-2H3. The summed E-state index contributed by atoms with van der Waals surface area (Å²) >= 11 is 4.64. The van der Waals surface area contributed by atoms with E-state index < -0.39 is 8.77 Å². The fourth-order valence-corrected chi connectivity index (χ4v) is 2.33. The molecule has 0 aliphatic heterocycles. The van der Waals surface area contributed by atoms with Gasteiger partial charge < -0.3 is 10.6 Å². The van der Waals surface area contributed by atoms with Crippen LogP contribution in [0.2, 0.25) is 0 Å². The Hall–Kier alpha value is -0.890. The van der Waals surface area contributed by atoms with Crippen LogP contribution in [-0.4, -0.2) is 23.1 Å². The second-order valence-corrected chi connectivity index (χ2v) is 6.08. The number of anilines is 2. The van der Waals surface area contributed by atoms with Crippen LogP contribution in [0.3, 0.4) is 0 Å². The van der Waals surface area contributed by atoms with Crippen molar-refractivity contribution in [1.82, 2.24) is 0 Å². The maximum Gasteiger partial charge on any atom is 0.204 e. The average Bonchev–Trinajstić information content (AvgIpc) is 2.28. The van der Waals surface area contributed by atoms with E-state index in [1.807, 2.05) is 18.9 Å². The molecule has 7 heteroatoms. The molecule has 0 aromatic heterocycles. The van der Waals surface area contributed by atoms with Gasteiger partial charge in [-0.2, -0.15) is 0 Å².